The van der Waals surface area contributed by atoms with Gasteiger partial charge in [-0.15, -0.1) is 16.8 Å². The van der Waals surface area contributed by atoms with Gasteiger partial charge < -0.3 is 5.32 Å². The Labute approximate surface area is 73.9 Å². The normalized spacial score (nSPS) is 9.55. The van der Waals surface area contributed by atoms with Gasteiger partial charge >= 0.3 is 0 Å². The maximum Gasteiger partial charge on any atom is 0.206 e. The van der Waals surface area contributed by atoms with E-state index in [2.05, 4.69) is 22.1 Å². The smallest absolute Gasteiger partial charge is 0.206 e. The molecule has 3 nitrogen and oxygen atoms in total. The number of aromatic nitrogens is 2. The Morgan fingerprint density at radius 2 is 2.55 bits per heavy atom. The highest BCUT2D eigenvalue weighted by atomic mass is 32.2. The first kappa shape index (κ1) is 8.55. The molecule has 0 saturated heterocycles. The first-order valence-electron chi connectivity index (χ1n) is 3.11. The Morgan fingerprint density at radius 3 is 3.09 bits per heavy atom. The van der Waals surface area contributed by atoms with Crippen molar-refractivity contribution in [3.8, 4) is 0 Å². The van der Waals surface area contributed by atoms with E-state index in [4.69, 9.17) is 0 Å². The standard InChI is InChI=1S/C6H9N3S2/c1-3-4-10-6-9-8-5(7-2)11-6/h3H,1,4H2,2H3,(H,7,8). The van der Waals surface area contributed by atoms with Gasteiger partial charge in [-0.1, -0.05) is 29.2 Å². The Morgan fingerprint density at radius 1 is 1.73 bits per heavy atom. The number of anilines is 1. The molecule has 1 rings (SSSR count). The second-order valence-electron chi connectivity index (χ2n) is 1.72. The van der Waals surface area contributed by atoms with E-state index >= 15 is 0 Å². The molecule has 60 valence electrons. The second-order valence-corrected chi connectivity index (χ2v) is 3.97. The van der Waals surface area contributed by atoms with Crippen molar-refractivity contribution in [1.82, 2.24) is 10.2 Å². The molecule has 0 aliphatic rings. The molecule has 0 radical (unpaired) electrons. The lowest BCUT2D eigenvalue weighted by molar-refractivity contribution is 1.01. The summed E-state index contributed by atoms with van der Waals surface area (Å²) in [5.41, 5.74) is 0. The Bertz CT molecular complexity index is 233. The van der Waals surface area contributed by atoms with Gasteiger partial charge in [-0.2, -0.15) is 0 Å². The quantitative estimate of drug-likeness (QED) is 0.576. The molecule has 0 aromatic carbocycles. The minimum Gasteiger partial charge on any atom is -0.363 e. The van der Waals surface area contributed by atoms with E-state index in [1.807, 2.05) is 13.1 Å². The zero-order valence-corrected chi connectivity index (χ0v) is 7.84. The van der Waals surface area contributed by atoms with Crippen molar-refractivity contribution >= 4 is 28.2 Å². The van der Waals surface area contributed by atoms with Crippen LogP contribution in [-0.4, -0.2) is 23.0 Å². The van der Waals surface area contributed by atoms with Crippen molar-refractivity contribution < 1.29 is 0 Å². The van der Waals surface area contributed by atoms with Crippen molar-refractivity contribution in [2.75, 3.05) is 18.1 Å². The molecule has 0 spiro atoms. The summed E-state index contributed by atoms with van der Waals surface area (Å²) in [6.45, 7) is 3.62. The molecule has 0 aliphatic carbocycles. The minimum absolute atomic E-state index is 0.858. The van der Waals surface area contributed by atoms with Crippen LogP contribution in [0.3, 0.4) is 0 Å². The Kier molecular flexibility index (Phi) is 3.38. The first-order valence-corrected chi connectivity index (χ1v) is 4.92. The first-order chi connectivity index (χ1) is 5.36. The average molecular weight is 187 g/mol. The van der Waals surface area contributed by atoms with Crippen LogP contribution < -0.4 is 5.32 Å². The van der Waals surface area contributed by atoms with E-state index < -0.39 is 0 Å². The Hall–Kier alpha value is -0.550. The molecule has 0 saturated carbocycles. The van der Waals surface area contributed by atoms with Gasteiger partial charge in [0.05, 0.1) is 0 Å². The molecular formula is C6H9N3S2. The van der Waals surface area contributed by atoms with E-state index in [1.54, 1.807) is 23.1 Å². The highest BCUT2D eigenvalue weighted by molar-refractivity contribution is 8.01. The molecule has 0 bridgehead atoms. The van der Waals surface area contributed by atoms with Crippen LogP contribution in [0.2, 0.25) is 0 Å². The third-order valence-electron chi connectivity index (χ3n) is 0.945. The monoisotopic (exact) mass is 187 g/mol. The van der Waals surface area contributed by atoms with Crippen molar-refractivity contribution in [1.29, 1.82) is 0 Å². The fourth-order valence-electron chi connectivity index (χ4n) is 0.499. The number of hydrogen-bond acceptors (Lipinski definition) is 5. The predicted molar refractivity (Wildman–Crippen MR) is 50.4 cm³/mol. The molecule has 1 aromatic heterocycles. The van der Waals surface area contributed by atoms with Crippen LogP contribution in [0.4, 0.5) is 5.13 Å². The molecule has 0 unspecified atom stereocenters. The molecule has 1 heterocycles. The number of thioether (sulfide) groups is 1. The summed E-state index contributed by atoms with van der Waals surface area (Å²) in [6.07, 6.45) is 1.85. The van der Waals surface area contributed by atoms with Gasteiger partial charge in [-0.05, 0) is 0 Å². The molecule has 1 aromatic rings. The van der Waals surface area contributed by atoms with Crippen LogP contribution in [0.15, 0.2) is 17.0 Å². The van der Waals surface area contributed by atoms with Gasteiger partial charge in [0.1, 0.15) is 0 Å². The number of nitrogens with one attached hydrogen (secondary N) is 1. The maximum absolute atomic E-state index is 3.95. The molecule has 0 amide bonds. The van der Waals surface area contributed by atoms with E-state index in [9.17, 15) is 0 Å². The Balaban J connectivity index is 2.50. The SMILES string of the molecule is C=CCSc1nnc(NC)s1. The molecule has 0 aliphatic heterocycles. The van der Waals surface area contributed by atoms with Gasteiger partial charge in [0.2, 0.25) is 5.13 Å². The predicted octanol–water partition coefficient (Wildman–Crippen LogP) is 1.86. The van der Waals surface area contributed by atoms with Gasteiger partial charge in [0.25, 0.3) is 0 Å². The van der Waals surface area contributed by atoms with Crippen LogP contribution in [0, 0.1) is 0 Å². The third kappa shape index (κ3) is 2.51. The molecule has 0 atom stereocenters. The zero-order valence-electron chi connectivity index (χ0n) is 6.20. The van der Waals surface area contributed by atoms with Gasteiger partial charge in [0, 0.05) is 12.8 Å². The lowest BCUT2D eigenvalue weighted by Crippen LogP contribution is -1.84. The fraction of sp³-hybridized carbons (Fsp3) is 0.333. The van der Waals surface area contributed by atoms with Crippen molar-refractivity contribution in [2.45, 2.75) is 4.34 Å². The summed E-state index contributed by atoms with van der Waals surface area (Å²) >= 11 is 3.20. The molecule has 11 heavy (non-hydrogen) atoms. The maximum atomic E-state index is 3.95. The molecule has 0 fully saturated rings. The number of nitrogens with zero attached hydrogens (tertiary/aromatic N) is 2. The van der Waals surface area contributed by atoms with E-state index in [-0.39, 0.29) is 0 Å². The molecule has 5 heteroatoms. The van der Waals surface area contributed by atoms with Crippen molar-refractivity contribution in [2.24, 2.45) is 0 Å². The summed E-state index contributed by atoms with van der Waals surface area (Å²) in [5.74, 6) is 0.887. The second kappa shape index (κ2) is 4.35. The summed E-state index contributed by atoms with van der Waals surface area (Å²) in [6, 6.07) is 0. The highest BCUT2D eigenvalue weighted by Crippen LogP contribution is 2.24. The number of rotatable bonds is 4. The molecule has 1 N–H and O–H groups in total. The van der Waals surface area contributed by atoms with Crippen LogP contribution >= 0.6 is 23.1 Å². The van der Waals surface area contributed by atoms with E-state index in [0.29, 0.717) is 0 Å². The van der Waals surface area contributed by atoms with E-state index in [1.165, 1.54) is 0 Å². The highest BCUT2D eigenvalue weighted by Gasteiger charge is 2.00. The van der Waals surface area contributed by atoms with Gasteiger partial charge in [0.15, 0.2) is 4.34 Å². The summed E-state index contributed by atoms with van der Waals surface area (Å²) in [7, 11) is 1.84. The lowest BCUT2D eigenvalue weighted by Gasteiger charge is -1.86. The van der Waals surface area contributed by atoms with Crippen molar-refractivity contribution in [3.05, 3.63) is 12.7 Å². The summed E-state index contributed by atoms with van der Waals surface area (Å²) in [5, 5.41) is 11.6. The average Bonchev–Trinajstić information content (AvgIpc) is 2.48. The van der Waals surface area contributed by atoms with Crippen LogP contribution in [0.5, 0.6) is 0 Å². The lowest BCUT2D eigenvalue weighted by atomic mass is 10.8. The van der Waals surface area contributed by atoms with Crippen LogP contribution in [0.25, 0.3) is 0 Å². The molecular weight excluding hydrogens is 178 g/mol. The van der Waals surface area contributed by atoms with Crippen molar-refractivity contribution in [3.63, 3.8) is 0 Å². The topological polar surface area (TPSA) is 37.8 Å². The van der Waals surface area contributed by atoms with Crippen LogP contribution in [-0.2, 0) is 0 Å². The van der Waals surface area contributed by atoms with Gasteiger partial charge in [-0.25, -0.2) is 0 Å². The largest absolute Gasteiger partial charge is 0.363 e. The number of hydrogen-bond donors (Lipinski definition) is 1. The van der Waals surface area contributed by atoms with Gasteiger partial charge in [-0.3, -0.25) is 0 Å². The zero-order chi connectivity index (χ0) is 8.10. The van der Waals surface area contributed by atoms with E-state index in [0.717, 1.165) is 15.2 Å². The fourth-order valence-corrected chi connectivity index (χ4v) is 1.97. The summed E-state index contributed by atoms with van der Waals surface area (Å²) in [4.78, 5) is 0. The third-order valence-corrected chi connectivity index (χ3v) is 3.01. The minimum atomic E-state index is 0.858. The summed E-state index contributed by atoms with van der Waals surface area (Å²) < 4.78 is 0.981. The van der Waals surface area contributed by atoms with Crippen LogP contribution in [0.1, 0.15) is 0 Å².